The summed E-state index contributed by atoms with van der Waals surface area (Å²) in [5, 5.41) is 5.34. The summed E-state index contributed by atoms with van der Waals surface area (Å²) in [4.78, 5) is 13.9. The van der Waals surface area contributed by atoms with Gasteiger partial charge in [-0.2, -0.15) is 5.10 Å². The molecule has 3 rings (SSSR count). The highest BCUT2D eigenvalue weighted by Gasteiger charge is 2.21. The van der Waals surface area contributed by atoms with Crippen molar-refractivity contribution in [3.63, 3.8) is 0 Å². The van der Waals surface area contributed by atoms with E-state index in [1.807, 2.05) is 24.9 Å². The Kier molecular flexibility index (Phi) is 4.03. The summed E-state index contributed by atoms with van der Waals surface area (Å²) in [7, 11) is 3.67. The molecule has 0 spiro atoms. The lowest BCUT2D eigenvalue weighted by Crippen LogP contribution is -2.47. The highest BCUT2D eigenvalue weighted by molar-refractivity contribution is 5.87. The van der Waals surface area contributed by atoms with Gasteiger partial charge in [0.25, 0.3) is 0 Å². The molecular weight excluding hydrogens is 268 g/mol. The van der Waals surface area contributed by atoms with Crippen LogP contribution < -0.4 is 4.90 Å². The van der Waals surface area contributed by atoms with Gasteiger partial charge in [0.15, 0.2) is 5.65 Å². The minimum atomic E-state index is 0.791. The smallest absolute Gasteiger partial charge is 0.163 e. The molecule has 0 aliphatic carbocycles. The number of ether oxygens (including phenoxy) is 1. The highest BCUT2D eigenvalue weighted by atomic mass is 16.5. The number of rotatable bonds is 4. The van der Waals surface area contributed by atoms with E-state index >= 15 is 0 Å². The first-order valence-electron chi connectivity index (χ1n) is 7.31. The summed E-state index contributed by atoms with van der Waals surface area (Å²) in [5.74, 6) is 1.81. The number of piperazine rings is 1. The molecule has 2 aromatic rings. The maximum Gasteiger partial charge on any atom is 0.163 e. The SMILES string of the molecule is COCCN1CCN(c2nc(C)nc3c2cnn3C)CC1. The Bertz CT molecular complexity index is 617. The summed E-state index contributed by atoms with van der Waals surface area (Å²) in [5.41, 5.74) is 0.902. The molecule has 0 unspecified atom stereocenters. The molecule has 0 amide bonds. The molecule has 0 bridgehead atoms. The predicted octanol–water partition coefficient (Wildman–Crippen LogP) is 0.440. The lowest BCUT2D eigenvalue weighted by atomic mass is 10.2. The van der Waals surface area contributed by atoms with Crippen LogP contribution >= 0.6 is 0 Å². The van der Waals surface area contributed by atoms with Crippen LogP contribution in [0.25, 0.3) is 11.0 Å². The summed E-state index contributed by atoms with van der Waals surface area (Å²) in [6.07, 6.45) is 1.86. The molecule has 1 saturated heterocycles. The highest BCUT2D eigenvalue weighted by Crippen LogP contribution is 2.24. The predicted molar refractivity (Wildman–Crippen MR) is 81.6 cm³/mol. The molecule has 7 nitrogen and oxygen atoms in total. The topological polar surface area (TPSA) is 59.3 Å². The van der Waals surface area contributed by atoms with Gasteiger partial charge in [0.1, 0.15) is 11.6 Å². The van der Waals surface area contributed by atoms with E-state index in [4.69, 9.17) is 4.74 Å². The Morgan fingerprint density at radius 1 is 1.19 bits per heavy atom. The van der Waals surface area contributed by atoms with Crippen molar-refractivity contribution in [1.29, 1.82) is 0 Å². The van der Waals surface area contributed by atoms with Crippen molar-refractivity contribution in [2.75, 3.05) is 51.3 Å². The standard InChI is InChI=1S/C14H22N6O/c1-11-16-13-12(10-15-18(13)2)14(17-11)20-6-4-19(5-7-20)8-9-21-3/h10H,4-9H2,1-3H3. The second-order valence-electron chi connectivity index (χ2n) is 5.42. The fourth-order valence-electron chi connectivity index (χ4n) is 2.76. The molecule has 0 radical (unpaired) electrons. The summed E-state index contributed by atoms with van der Waals surface area (Å²) in [6, 6.07) is 0. The summed E-state index contributed by atoms with van der Waals surface area (Å²) in [6.45, 7) is 7.75. The summed E-state index contributed by atoms with van der Waals surface area (Å²) < 4.78 is 6.95. The van der Waals surface area contributed by atoms with Gasteiger partial charge in [-0.05, 0) is 6.92 Å². The number of hydrogen-bond acceptors (Lipinski definition) is 6. The number of nitrogens with zero attached hydrogens (tertiary/aromatic N) is 6. The van der Waals surface area contributed by atoms with Gasteiger partial charge in [-0.1, -0.05) is 0 Å². The van der Waals surface area contributed by atoms with Crippen molar-refractivity contribution in [1.82, 2.24) is 24.6 Å². The van der Waals surface area contributed by atoms with Crippen LogP contribution in [0.4, 0.5) is 5.82 Å². The molecule has 114 valence electrons. The van der Waals surface area contributed by atoms with E-state index in [0.717, 1.165) is 62.0 Å². The quantitative estimate of drug-likeness (QED) is 0.814. The van der Waals surface area contributed by atoms with Crippen LogP contribution in [0.3, 0.4) is 0 Å². The first kappa shape index (κ1) is 14.2. The van der Waals surface area contributed by atoms with Gasteiger partial charge in [-0.25, -0.2) is 9.97 Å². The van der Waals surface area contributed by atoms with Crippen LogP contribution in [0.2, 0.25) is 0 Å². The number of fused-ring (bicyclic) bond motifs is 1. The maximum absolute atomic E-state index is 5.15. The fraction of sp³-hybridized carbons (Fsp3) is 0.643. The van der Waals surface area contributed by atoms with Crippen molar-refractivity contribution >= 4 is 16.9 Å². The Labute approximate surface area is 124 Å². The van der Waals surface area contributed by atoms with E-state index in [9.17, 15) is 0 Å². The molecule has 21 heavy (non-hydrogen) atoms. The third-order valence-corrected chi connectivity index (χ3v) is 3.97. The molecule has 1 fully saturated rings. The van der Waals surface area contributed by atoms with Crippen LogP contribution in [-0.2, 0) is 11.8 Å². The number of aromatic nitrogens is 4. The minimum absolute atomic E-state index is 0.791. The van der Waals surface area contributed by atoms with Gasteiger partial charge in [-0.15, -0.1) is 0 Å². The average molecular weight is 290 g/mol. The van der Waals surface area contributed by atoms with Crippen molar-refractivity contribution < 1.29 is 4.74 Å². The monoisotopic (exact) mass is 290 g/mol. The molecule has 0 aromatic carbocycles. The normalized spacial score (nSPS) is 16.8. The Morgan fingerprint density at radius 3 is 2.67 bits per heavy atom. The van der Waals surface area contributed by atoms with Crippen molar-refractivity contribution in [3.8, 4) is 0 Å². The zero-order valence-corrected chi connectivity index (χ0v) is 12.9. The van der Waals surface area contributed by atoms with Gasteiger partial charge in [0.2, 0.25) is 0 Å². The van der Waals surface area contributed by atoms with Crippen LogP contribution in [0, 0.1) is 6.92 Å². The second-order valence-corrected chi connectivity index (χ2v) is 5.42. The third-order valence-electron chi connectivity index (χ3n) is 3.97. The molecule has 0 saturated carbocycles. The van der Waals surface area contributed by atoms with Crippen molar-refractivity contribution in [2.45, 2.75) is 6.92 Å². The largest absolute Gasteiger partial charge is 0.383 e. The van der Waals surface area contributed by atoms with Crippen LogP contribution in [0.1, 0.15) is 5.82 Å². The first-order valence-corrected chi connectivity index (χ1v) is 7.31. The zero-order valence-electron chi connectivity index (χ0n) is 12.9. The van der Waals surface area contributed by atoms with Crippen molar-refractivity contribution in [3.05, 3.63) is 12.0 Å². The molecule has 7 heteroatoms. The number of methoxy groups -OCH3 is 1. The van der Waals surface area contributed by atoms with E-state index in [1.54, 1.807) is 7.11 Å². The Hall–Kier alpha value is -1.73. The van der Waals surface area contributed by atoms with Gasteiger partial charge in [0, 0.05) is 46.9 Å². The van der Waals surface area contributed by atoms with Crippen molar-refractivity contribution in [2.24, 2.45) is 7.05 Å². The van der Waals surface area contributed by atoms with E-state index in [1.165, 1.54) is 0 Å². The summed E-state index contributed by atoms with van der Waals surface area (Å²) >= 11 is 0. The second kappa shape index (κ2) is 5.95. The molecule has 0 N–H and O–H groups in total. The molecule has 1 aliphatic rings. The molecule has 3 heterocycles. The number of hydrogen-bond donors (Lipinski definition) is 0. The van der Waals surface area contributed by atoms with Crippen LogP contribution in [0.5, 0.6) is 0 Å². The number of anilines is 1. The van der Waals surface area contributed by atoms with Crippen LogP contribution in [0.15, 0.2) is 6.20 Å². The van der Waals surface area contributed by atoms with Gasteiger partial charge >= 0.3 is 0 Å². The maximum atomic E-state index is 5.15. The molecule has 2 aromatic heterocycles. The minimum Gasteiger partial charge on any atom is -0.383 e. The van der Waals surface area contributed by atoms with Gasteiger partial charge < -0.3 is 9.64 Å². The molecular formula is C14H22N6O. The average Bonchev–Trinajstić information content (AvgIpc) is 2.86. The van der Waals surface area contributed by atoms with E-state index in [0.29, 0.717) is 0 Å². The first-order chi connectivity index (χ1) is 10.2. The van der Waals surface area contributed by atoms with Crippen LogP contribution in [-0.4, -0.2) is 71.1 Å². The lowest BCUT2D eigenvalue weighted by Gasteiger charge is -2.35. The number of aryl methyl sites for hydroxylation is 2. The van der Waals surface area contributed by atoms with E-state index < -0.39 is 0 Å². The fourth-order valence-corrected chi connectivity index (χ4v) is 2.76. The molecule has 0 atom stereocenters. The Balaban J connectivity index is 1.79. The van der Waals surface area contributed by atoms with Gasteiger partial charge in [0.05, 0.1) is 18.2 Å². The van der Waals surface area contributed by atoms with E-state index in [2.05, 4.69) is 24.9 Å². The third kappa shape index (κ3) is 2.84. The lowest BCUT2D eigenvalue weighted by molar-refractivity contribution is 0.144. The Morgan fingerprint density at radius 2 is 1.95 bits per heavy atom. The zero-order chi connectivity index (χ0) is 14.8. The van der Waals surface area contributed by atoms with E-state index in [-0.39, 0.29) is 0 Å². The molecule has 1 aliphatic heterocycles. The van der Waals surface area contributed by atoms with Gasteiger partial charge in [-0.3, -0.25) is 9.58 Å².